The summed E-state index contributed by atoms with van der Waals surface area (Å²) in [5.74, 6) is -2.24. The number of pyridine rings is 1. The zero-order valence-corrected chi connectivity index (χ0v) is 11.0. The number of aromatic nitrogens is 1. The van der Waals surface area contributed by atoms with Crippen LogP contribution in [0.2, 0.25) is 0 Å². The Morgan fingerprint density at radius 2 is 2.20 bits per heavy atom. The molecule has 1 amide bonds. The van der Waals surface area contributed by atoms with Crippen LogP contribution in [0.5, 0.6) is 0 Å². The third-order valence-electron chi connectivity index (χ3n) is 2.47. The van der Waals surface area contributed by atoms with Crippen LogP contribution in [0.4, 0.5) is 0 Å². The molecular weight excluding hydrogens is 264 g/mol. The van der Waals surface area contributed by atoms with E-state index < -0.39 is 23.9 Å². The molecule has 108 valence electrons. The molecule has 0 saturated heterocycles. The number of ether oxygens (including phenoxy) is 1. The van der Waals surface area contributed by atoms with Gasteiger partial charge in [0.2, 0.25) is 0 Å². The molecule has 0 spiro atoms. The minimum absolute atomic E-state index is 0.0276. The summed E-state index contributed by atoms with van der Waals surface area (Å²) in [5.41, 5.74) is 0.259. The van der Waals surface area contributed by atoms with Gasteiger partial charge in [-0.2, -0.15) is 0 Å². The first-order valence-corrected chi connectivity index (χ1v) is 6.14. The van der Waals surface area contributed by atoms with Crippen molar-refractivity contribution < 1.29 is 24.2 Å². The van der Waals surface area contributed by atoms with Gasteiger partial charge in [-0.15, -0.1) is 0 Å². The number of esters is 1. The summed E-state index contributed by atoms with van der Waals surface area (Å²) in [4.78, 5) is 37.8. The molecule has 0 fully saturated rings. The maximum Gasteiger partial charge on any atom is 0.326 e. The van der Waals surface area contributed by atoms with Crippen molar-refractivity contribution in [1.82, 2.24) is 10.3 Å². The molecular formula is C13H16N2O5. The summed E-state index contributed by atoms with van der Waals surface area (Å²) in [6.07, 6.45) is 2.74. The molecule has 1 rings (SSSR count). The maximum absolute atomic E-state index is 11.8. The summed E-state index contributed by atoms with van der Waals surface area (Å²) in [6, 6.07) is 1.95. The predicted molar refractivity (Wildman–Crippen MR) is 69.0 cm³/mol. The van der Waals surface area contributed by atoms with Gasteiger partial charge in [0.1, 0.15) is 6.04 Å². The van der Waals surface area contributed by atoms with Crippen molar-refractivity contribution in [2.75, 3.05) is 6.61 Å². The average molecular weight is 280 g/mol. The average Bonchev–Trinajstić information content (AvgIpc) is 2.44. The molecule has 0 unspecified atom stereocenters. The third-order valence-corrected chi connectivity index (χ3v) is 2.47. The van der Waals surface area contributed by atoms with Gasteiger partial charge in [-0.3, -0.25) is 14.6 Å². The van der Waals surface area contributed by atoms with Crippen LogP contribution in [-0.2, 0) is 14.3 Å². The second kappa shape index (κ2) is 7.88. The van der Waals surface area contributed by atoms with Crippen molar-refractivity contribution in [3.63, 3.8) is 0 Å². The van der Waals surface area contributed by atoms with E-state index >= 15 is 0 Å². The minimum atomic E-state index is -1.20. The molecule has 0 aliphatic carbocycles. The van der Waals surface area contributed by atoms with Gasteiger partial charge in [0.05, 0.1) is 12.2 Å². The van der Waals surface area contributed by atoms with E-state index in [4.69, 9.17) is 9.84 Å². The first kappa shape index (κ1) is 15.6. The molecule has 1 heterocycles. The number of aliphatic carboxylic acids is 1. The van der Waals surface area contributed by atoms with Gasteiger partial charge in [0.25, 0.3) is 5.91 Å². The molecule has 0 bridgehead atoms. The number of hydrogen-bond donors (Lipinski definition) is 2. The highest BCUT2D eigenvalue weighted by Gasteiger charge is 2.22. The van der Waals surface area contributed by atoms with Crippen LogP contribution in [0.3, 0.4) is 0 Å². The predicted octanol–water partition coefficient (Wildman–Crippen LogP) is 0.608. The molecule has 0 aliphatic rings. The van der Waals surface area contributed by atoms with Crippen LogP contribution >= 0.6 is 0 Å². The number of amides is 1. The van der Waals surface area contributed by atoms with E-state index in [0.29, 0.717) is 0 Å². The maximum atomic E-state index is 11.8. The van der Waals surface area contributed by atoms with Gasteiger partial charge in [0, 0.05) is 18.8 Å². The van der Waals surface area contributed by atoms with E-state index in [1.165, 1.54) is 18.5 Å². The fraction of sp³-hybridized carbons (Fsp3) is 0.385. The lowest BCUT2D eigenvalue weighted by Crippen LogP contribution is -2.41. The lowest BCUT2D eigenvalue weighted by atomic mass is 10.1. The number of rotatable bonds is 7. The third kappa shape index (κ3) is 5.05. The van der Waals surface area contributed by atoms with E-state index in [1.807, 2.05) is 0 Å². The van der Waals surface area contributed by atoms with Crippen molar-refractivity contribution in [2.45, 2.75) is 25.8 Å². The Kier molecular flexibility index (Phi) is 6.15. The molecule has 2 N–H and O–H groups in total. The number of carboxylic acid groups (broad SMARTS) is 1. The van der Waals surface area contributed by atoms with Gasteiger partial charge in [-0.25, -0.2) is 4.79 Å². The van der Waals surface area contributed by atoms with E-state index in [9.17, 15) is 14.4 Å². The topological polar surface area (TPSA) is 106 Å². The van der Waals surface area contributed by atoms with Crippen molar-refractivity contribution in [2.24, 2.45) is 0 Å². The highest BCUT2D eigenvalue weighted by Crippen LogP contribution is 2.03. The Hall–Kier alpha value is -2.44. The van der Waals surface area contributed by atoms with Crippen molar-refractivity contribution in [3.8, 4) is 0 Å². The fourth-order valence-corrected chi connectivity index (χ4v) is 1.49. The second-order valence-corrected chi connectivity index (χ2v) is 3.95. The van der Waals surface area contributed by atoms with Crippen molar-refractivity contribution in [3.05, 3.63) is 30.1 Å². The lowest BCUT2D eigenvalue weighted by molar-refractivity contribution is -0.144. The molecule has 0 aliphatic heterocycles. The fourth-order valence-electron chi connectivity index (χ4n) is 1.49. The van der Waals surface area contributed by atoms with Crippen LogP contribution in [-0.4, -0.2) is 40.6 Å². The Bertz CT molecular complexity index is 475. The van der Waals surface area contributed by atoms with E-state index in [-0.39, 0.29) is 25.0 Å². The Morgan fingerprint density at radius 3 is 2.75 bits per heavy atom. The molecule has 0 saturated carbocycles. The summed E-state index contributed by atoms with van der Waals surface area (Å²) < 4.78 is 4.71. The normalized spacial score (nSPS) is 11.4. The first-order chi connectivity index (χ1) is 9.54. The SMILES string of the molecule is CCOC(=O)CC[C@H](NC(=O)c1cccnc1)C(=O)O. The van der Waals surface area contributed by atoms with Gasteiger partial charge in [-0.1, -0.05) is 0 Å². The Balaban J connectivity index is 2.57. The molecule has 1 aromatic heterocycles. The number of carbonyl (C=O) groups is 3. The van der Waals surface area contributed by atoms with Gasteiger partial charge in [-0.05, 0) is 25.5 Å². The van der Waals surface area contributed by atoms with Crippen LogP contribution in [0.15, 0.2) is 24.5 Å². The standard InChI is InChI=1S/C13H16N2O5/c1-2-20-11(16)6-5-10(13(18)19)15-12(17)9-4-3-7-14-8-9/h3-4,7-8,10H,2,5-6H2,1H3,(H,15,17)(H,18,19)/t10-/m0/s1. The molecule has 20 heavy (non-hydrogen) atoms. The van der Waals surface area contributed by atoms with Crippen LogP contribution in [0.25, 0.3) is 0 Å². The minimum Gasteiger partial charge on any atom is -0.480 e. The van der Waals surface area contributed by atoms with Crippen LogP contribution in [0.1, 0.15) is 30.1 Å². The summed E-state index contributed by atoms with van der Waals surface area (Å²) in [6.45, 7) is 1.90. The van der Waals surface area contributed by atoms with E-state index in [2.05, 4.69) is 10.3 Å². The second-order valence-electron chi connectivity index (χ2n) is 3.95. The molecule has 7 nitrogen and oxygen atoms in total. The molecule has 0 radical (unpaired) electrons. The Morgan fingerprint density at radius 1 is 1.45 bits per heavy atom. The monoisotopic (exact) mass is 280 g/mol. The van der Waals surface area contributed by atoms with Crippen molar-refractivity contribution in [1.29, 1.82) is 0 Å². The summed E-state index contributed by atoms with van der Waals surface area (Å²) >= 11 is 0. The largest absolute Gasteiger partial charge is 0.480 e. The lowest BCUT2D eigenvalue weighted by Gasteiger charge is -2.13. The zero-order valence-electron chi connectivity index (χ0n) is 11.0. The van der Waals surface area contributed by atoms with Gasteiger partial charge < -0.3 is 15.2 Å². The van der Waals surface area contributed by atoms with E-state index in [1.54, 1.807) is 13.0 Å². The summed E-state index contributed by atoms with van der Waals surface area (Å²) in [7, 11) is 0. The van der Waals surface area contributed by atoms with Gasteiger partial charge >= 0.3 is 11.9 Å². The summed E-state index contributed by atoms with van der Waals surface area (Å²) in [5, 5.41) is 11.4. The first-order valence-electron chi connectivity index (χ1n) is 6.14. The number of carbonyl (C=O) groups excluding carboxylic acids is 2. The van der Waals surface area contributed by atoms with Crippen LogP contribution < -0.4 is 5.32 Å². The van der Waals surface area contributed by atoms with E-state index in [0.717, 1.165) is 0 Å². The zero-order chi connectivity index (χ0) is 15.0. The molecule has 1 atom stereocenters. The quantitative estimate of drug-likeness (QED) is 0.709. The number of nitrogens with zero attached hydrogens (tertiary/aromatic N) is 1. The highest BCUT2D eigenvalue weighted by molar-refractivity contribution is 5.96. The van der Waals surface area contributed by atoms with Crippen molar-refractivity contribution >= 4 is 17.8 Å². The Labute approximate surface area is 116 Å². The number of carboxylic acids is 1. The number of nitrogens with one attached hydrogen (secondary N) is 1. The smallest absolute Gasteiger partial charge is 0.326 e. The van der Waals surface area contributed by atoms with Gasteiger partial charge in [0.15, 0.2) is 0 Å². The molecule has 0 aromatic carbocycles. The molecule has 7 heteroatoms. The molecule has 1 aromatic rings. The number of hydrogen-bond acceptors (Lipinski definition) is 5. The highest BCUT2D eigenvalue weighted by atomic mass is 16.5. The van der Waals surface area contributed by atoms with Crippen LogP contribution in [0, 0.1) is 0 Å².